The quantitative estimate of drug-likeness (QED) is 0.326. The summed E-state index contributed by atoms with van der Waals surface area (Å²) in [4.78, 5) is 4.42. The molecule has 0 unspecified atom stereocenters. The number of ether oxygens (including phenoxy) is 1. The summed E-state index contributed by atoms with van der Waals surface area (Å²) < 4.78 is 27.2. The monoisotopic (exact) mass is 335 g/mol. The van der Waals surface area contributed by atoms with Crippen molar-refractivity contribution in [2.75, 3.05) is 38.3 Å². The van der Waals surface area contributed by atoms with Crippen molar-refractivity contribution < 1.29 is 18.3 Å². The van der Waals surface area contributed by atoms with Gasteiger partial charge in [-0.2, -0.15) is 0 Å². The fourth-order valence-corrected chi connectivity index (χ4v) is 2.69. The Morgan fingerprint density at radius 1 is 1.27 bits per heavy atom. The molecule has 0 aromatic carbocycles. The van der Waals surface area contributed by atoms with Gasteiger partial charge in [-0.05, 0) is 32.6 Å². The first-order valence-corrected chi connectivity index (χ1v) is 9.95. The van der Waals surface area contributed by atoms with Crippen molar-refractivity contribution in [2.24, 2.45) is 4.99 Å². The van der Waals surface area contributed by atoms with Crippen molar-refractivity contribution in [2.45, 2.75) is 44.8 Å². The van der Waals surface area contributed by atoms with Crippen LogP contribution in [-0.2, 0) is 14.6 Å². The number of nitrogens with zero attached hydrogens (tertiary/aromatic N) is 1. The number of rotatable bonds is 8. The summed E-state index contributed by atoms with van der Waals surface area (Å²) in [6, 6.07) is 0.340. The first-order valence-electron chi connectivity index (χ1n) is 7.89. The molecule has 0 atom stereocenters. The van der Waals surface area contributed by atoms with Crippen LogP contribution in [0.2, 0.25) is 0 Å². The minimum absolute atomic E-state index is 0.0411. The lowest BCUT2D eigenvalue weighted by atomic mass is 9.93. The van der Waals surface area contributed by atoms with E-state index >= 15 is 0 Å². The highest BCUT2D eigenvalue weighted by Crippen LogP contribution is 2.18. The molecule has 0 radical (unpaired) electrons. The van der Waals surface area contributed by atoms with Crippen LogP contribution >= 0.6 is 0 Å². The number of guanidine groups is 1. The number of aliphatic hydroxyl groups is 1. The van der Waals surface area contributed by atoms with E-state index in [9.17, 15) is 13.5 Å². The third-order valence-corrected chi connectivity index (χ3v) is 4.39. The van der Waals surface area contributed by atoms with Gasteiger partial charge in [0.25, 0.3) is 0 Å². The Bertz CT molecular complexity index is 431. The molecule has 22 heavy (non-hydrogen) atoms. The van der Waals surface area contributed by atoms with Gasteiger partial charge in [-0.15, -0.1) is 0 Å². The molecule has 0 aliphatic heterocycles. The van der Waals surface area contributed by atoms with Crippen LogP contribution in [0.15, 0.2) is 4.99 Å². The van der Waals surface area contributed by atoms with E-state index in [0.717, 1.165) is 38.2 Å². The molecule has 1 saturated carbocycles. The van der Waals surface area contributed by atoms with Crippen LogP contribution in [-0.4, -0.2) is 69.9 Å². The highest BCUT2D eigenvalue weighted by atomic mass is 32.2. The molecule has 0 heterocycles. The maximum atomic E-state index is 11.0. The average Bonchev–Trinajstić information content (AvgIpc) is 2.44. The van der Waals surface area contributed by atoms with Gasteiger partial charge in [-0.1, -0.05) is 0 Å². The van der Waals surface area contributed by atoms with Crippen molar-refractivity contribution >= 4 is 15.8 Å². The van der Waals surface area contributed by atoms with E-state index in [1.807, 2.05) is 6.92 Å². The molecule has 8 heteroatoms. The largest absolute Gasteiger partial charge is 0.393 e. The summed E-state index contributed by atoms with van der Waals surface area (Å²) in [6.07, 6.45) is 4.56. The highest BCUT2D eigenvalue weighted by molar-refractivity contribution is 7.90. The van der Waals surface area contributed by atoms with E-state index < -0.39 is 9.84 Å². The van der Waals surface area contributed by atoms with Crippen molar-refractivity contribution in [3.63, 3.8) is 0 Å². The van der Waals surface area contributed by atoms with E-state index in [4.69, 9.17) is 4.74 Å². The maximum Gasteiger partial charge on any atom is 0.191 e. The van der Waals surface area contributed by atoms with Crippen molar-refractivity contribution in [3.8, 4) is 0 Å². The lowest BCUT2D eigenvalue weighted by molar-refractivity contribution is 0.120. The smallest absolute Gasteiger partial charge is 0.191 e. The van der Waals surface area contributed by atoms with Gasteiger partial charge < -0.3 is 20.5 Å². The van der Waals surface area contributed by atoms with E-state index in [1.165, 1.54) is 6.26 Å². The Morgan fingerprint density at radius 2 is 1.95 bits per heavy atom. The Hall–Kier alpha value is -0.860. The van der Waals surface area contributed by atoms with E-state index in [1.54, 1.807) is 0 Å². The molecule has 0 aromatic heterocycles. The molecular formula is C14H29N3O4S. The second-order valence-electron chi connectivity index (χ2n) is 5.65. The fourth-order valence-electron chi connectivity index (χ4n) is 2.27. The number of aliphatic hydroxyl groups excluding tert-OH is 1. The Labute approximate surface area is 133 Å². The zero-order chi connectivity index (χ0) is 16.4. The number of aliphatic imine (C=N–C) groups is 1. The molecule has 1 rings (SSSR count). The van der Waals surface area contributed by atoms with Gasteiger partial charge >= 0.3 is 0 Å². The molecule has 0 saturated heterocycles. The first kappa shape index (κ1) is 19.2. The maximum absolute atomic E-state index is 11.0. The summed E-state index contributed by atoms with van der Waals surface area (Å²) in [5.41, 5.74) is 0. The average molecular weight is 335 g/mol. The number of hydrogen-bond donors (Lipinski definition) is 3. The number of sulfone groups is 1. The third kappa shape index (κ3) is 9.22. The van der Waals surface area contributed by atoms with Crippen molar-refractivity contribution in [3.05, 3.63) is 0 Å². The van der Waals surface area contributed by atoms with Crippen LogP contribution in [0.4, 0.5) is 0 Å². The van der Waals surface area contributed by atoms with Gasteiger partial charge in [0.2, 0.25) is 0 Å². The Morgan fingerprint density at radius 3 is 2.55 bits per heavy atom. The topological polar surface area (TPSA) is 100 Å². The molecule has 1 aliphatic carbocycles. The Balaban J connectivity index is 2.26. The zero-order valence-corrected chi connectivity index (χ0v) is 14.4. The number of nitrogens with one attached hydrogen (secondary N) is 2. The fraction of sp³-hybridized carbons (Fsp3) is 0.929. The molecule has 1 aliphatic rings. The molecule has 0 aromatic rings. The van der Waals surface area contributed by atoms with Gasteiger partial charge in [0, 0.05) is 18.8 Å². The van der Waals surface area contributed by atoms with Crippen LogP contribution in [0.25, 0.3) is 0 Å². The van der Waals surface area contributed by atoms with Crippen LogP contribution in [0.1, 0.15) is 32.6 Å². The molecule has 1 fully saturated rings. The Kier molecular flexibility index (Phi) is 8.74. The predicted octanol–water partition coefficient (Wildman–Crippen LogP) is -0.0938. The van der Waals surface area contributed by atoms with Crippen molar-refractivity contribution in [1.29, 1.82) is 0 Å². The van der Waals surface area contributed by atoms with Crippen molar-refractivity contribution in [1.82, 2.24) is 10.6 Å². The molecule has 0 amide bonds. The minimum Gasteiger partial charge on any atom is -0.393 e. The van der Waals surface area contributed by atoms with Gasteiger partial charge in [-0.25, -0.2) is 8.42 Å². The zero-order valence-electron chi connectivity index (χ0n) is 13.5. The normalized spacial score (nSPS) is 23.3. The van der Waals surface area contributed by atoms with Crippen LogP contribution in [0.5, 0.6) is 0 Å². The summed E-state index contributed by atoms with van der Waals surface area (Å²) in [5.74, 6) is 0.787. The molecule has 7 nitrogen and oxygen atoms in total. The second-order valence-corrected chi connectivity index (χ2v) is 7.91. The molecule has 0 spiro atoms. The summed E-state index contributed by atoms with van der Waals surface area (Å²) in [5, 5.41) is 16.1. The molecule has 130 valence electrons. The minimum atomic E-state index is -2.97. The van der Waals surface area contributed by atoms with Crippen LogP contribution in [0, 0.1) is 0 Å². The van der Waals surface area contributed by atoms with Crippen LogP contribution in [0.3, 0.4) is 0 Å². The predicted molar refractivity (Wildman–Crippen MR) is 87.9 cm³/mol. The number of hydrogen-bond acceptors (Lipinski definition) is 5. The lowest BCUT2D eigenvalue weighted by Crippen LogP contribution is -2.45. The summed E-state index contributed by atoms with van der Waals surface area (Å²) in [6.45, 7) is 3.86. The summed E-state index contributed by atoms with van der Waals surface area (Å²) >= 11 is 0. The molecule has 0 bridgehead atoms. The summed E-state index contributed by atoms with van der Waals surface area (Å²) in [7, 11) is -2.97. The third-order valence-electron chi connectivity index (χ3n) is 3.49. The molecular weight excluding hydrogens is 306 g/mol. The molecule has 3 N–H and O–H groups in total. The van der Waals surface area contributed by atoms with E-state index in [0.29, 0.717) is 19.2 Å². The van der Waals surface area contributed by atoms with E-state index in [2.05, 4.69) is 15.6 Å². The lowest BCUT2D eigenvalue weighted by Gasteiger charge is -2.27. The SMILES string of the molecule is CCNC(=NCCOCCS(C)(=O)=O)NC1CCC(O)CC1. The first-order chi connectivity index (χ1) is 10.4. The standard InChI is InChI=1S/C14H29N3O4S/c1-3-15-14(17-12-4-6-13(18)7-5-12)16-8-9-21-10-11-22(2,19)20/h12-13,18H,3-11H2,1-2H3,(H2,15,16,17). The van der Waals surface area contributed by atoms with Gasteiger partial charge in [-0.3, -0.25) is 4.99 Å². The highest BCUT2D eigenvalue weighted by Gasteiger charge is 2.19. The second kappa shape index (κ2) is 10.0. The van der Waals surface area contributed by atoms with Gasteiger partial charge in [0.15, 0.2) is 5.96 Å². The van der Waals surface area contributed by atoms with Gasteiger partial charge in [0.1, 0.15) is 9.84 Å². The van der Waals surface area contributed by atoms with Crippen LogP contribution < -0.4 is 10.6 Å². The van der Waals surface area contributed by atoms with E-state index in [-0.39, 0.29) is 18.5 Å². The van der Waals surface area contributed by atoms with Gasteiger partial charge in [0.05, 0.1) is 31.6 Å².